The Kier molecular flexibility index (Phi) is 5.62. The molecule has 1 atom stereocenters. The van der Waals surface area contributed by atoms with Crippen LogP contribution in [-0.2, 0) is 9.53 Å². The van der Waals surface area contributed by atoms with Gasteiger partial charge in [-0.2, -0.15) is 0 Å². The summed E-state index contributed by atoms with van der Waals surface area (Å²) in [6.45, 7) is 7.13. The normalized spacial score (nSPS) is 11.7. The summed E-state index contributed by atoms with van der Waals surface area (Å²) in [4.78, 5) is 24.5. The van der Waals surface area contributed by atoms with Crippen LogP contribution in [0.4, 0.5) is 5.69 Å². The zero-order valence-electron chi connectivity index (χ0n) is 14.1. The smallest absolute Gasteiger partial charge is 0.339 e. The molecule has 126 valence electrons. The van der Waals surface area contributed by atoms with E-state index in [0.717, 1.165) is 16.7 Å². The van der Waals surface area contributed by atoms with Gasteiger partial charge in [0.05, 0.1) is 5.56 Å². The minimum atomic E-state index is -0.921. The van der Waals surface area contributed by atoms with E-state index in [2.05, 4.69) is 5.32 Å². The second kappa shape index (κ2) is 7.49. The van der Waals surface area contributed by atoms with Crippen molar-refractivity contribution in [3.63, 3.8) is 0 Å². The second-order valence-electron chi connectivity index (χ2n) is 5.81. The third kappa shape index (κ3) is 4.36. The van der Waals surface area contributed by atoms with Gasteiger partial charge in [0.25, 0.3) is 5.91 Å². The lowest BCUT2D eigenvalue weighted by atomic mass is 10.1. The number of carbonyl (C=O) groups excluding carboxylic acids is 2. The van der Waals surface area contributed by atoms with E-state index in [-0.39, 0.29) is 0 Å². The molecule has 24 heavy (non-hydrogen) atoms. The van der Waals surface area contributed by atoms with Crippen molar-refractivity contribution < 1.29 is 14.3 Å². The average molecular weight is 346 g/mol. The minimum Gasteiger partial charge on any atom is -0.449 e. The Labute approximate surface area is 146 Å². The number of hydrogen-bond donors (Lipinski definition) is 1. The predicted octanol–water partition coefficient (Wildman–Crippen LogP) is 4.45. The first-order chi connectivity index (χ1) is 11.3. The van der Waals surface area contributed by atoms with Crippen LogP contribution in [0.1, 0.15) is 34.0 Å². The lowest BCUT2D eigenvalue weighted by Gasteiger charge is -2.16. The van der Waals surface area contributed by atoms with E-state index in [1.54, 1.807) is 18.2 Å². The van der Waals surface area contributed by atoms with Crippen molar-refractivity contribution in [3.05, 3.63) is 63.7 Å². The number of nitrogens with one attached hydrogen (secondary N) is 1. The van der Waals surface area contributed by atoms with Crippen molar-refractivity contribution in [1.82, 2.24) is 0 Å². The summed E-state index contributed by atoms with van der Waals surface area (Å²) >= 11 is 5.94. The lowest BCUT2D eigenvalue weighted by Crippen LogP contribution is -2.30. The van der Waals surface area contributed by atoms with Gasteiger partial charge in [0.1, 0.15) is 0 Å². The van der Waals surface area contributed by atoms with E-state index < -0.39 is 18.0 Å². The monoisotopic (exact) mass is 345 g/mol. The second-order valence-corrected chi connectivity index (χ2v) is 6.25. The van der Waals surface area contributed by atoms with Crippen LogP contribution >= 0.6 is 11.6 Å². The van der Waals surface area contributed by atoms with Crippen LogP contribution in [0.15, 0.2) is 36.4 Å². The van der Waals surface area contributed by atoms with Crippen molar-refractivity contribution >= 4 is 29.2 Å². The molecule has 2 aromatic carbocycles. The van der Waals surface area contributed by atoms with Gasteiger partial charge in [-0.05, 0) is 57.0 Å². The average Bonchev–Trinajstić information content (AvgIpc) is 2.53. The van der Waals surface area contributed by atoms with Crippen LogP contribution in [0.25, 0.3) is 0 Å². The number of amides is 1. The number of anilines is 1. The maximum absolute atomic E-state index is 12.3. The summed E-state index contributed by atoms with van der Waals surface area (Å²) in [5.41, 5.74) is 3.71. The summed E-state index contributed by atoms with van der Waals surface area (Å²) in [6, 6.07) is 10.7. The number of hydrogen-bond acceptors (Lipinski definition) is 3. The molecule has 1 unspecified atom stereocenters. The molecule has 0 aliphatic rings. The molecule has 0 saturated heterocycles. The van der Waals surface area contributed by atoms with E-state index >= 15 is 0 Å². The van der Waals surface area contributed by atoms with Crippen LogP contribution in [0, 0.1) is 20.8 Å². The van der Waals surface area contributed by atoms with Gasteiger partial charge in [0, 0.05) is 10.7 Å². The molecule has 1 N–H and O–H groups in total. The molecule has 0 heterocycles. The lowest BCUT2D eigenvalue weighted by molar-refractivity contribution is -0.123. The number of rotatable bonds is 4. The molecule has 0 bridgehead atoms. The van der Waals surface area contributed by atoms with Gasteiger partial charge < -0.3 is 10.1 Å². The van der Waals surface area contributed by atoms with Crippen molar-refractivity contribution in [3.8, 4) is 0 Å². The molecule has 5 heteroatoms. The van der Waals surface area contributed by atoms with Gasteiger partial charge in [-0.15, -0.1) is 0 Å². The Bertz CT molecular complexity index is 786. The number of esters is 1. The van der Waals surface area contributed by atoms with E-state index in [0.29, 0.717) is 16.3 Å². The molecule has 0 aromatic heterocycles. The summed E-state index contributed by atoms with van der Waals surface area (Å²) in [5, 5.41) is 3.26. The first kappa shape index (κ1) is 18.0. The Morgan fingerprint density at radius 2 is 1.71 bits per heavy atom. The van der Waals surface area contributed by atoms with Gasteiger partial charge in [0.15, 0.2) is 6.10 Å². The van der Waals surface area contributed by atoms with Crippen LogP contribution in [0.5, 0.6) is 0 Å². The SMILES string of the molecule is Cc1ccc(C)c(C(=O)OC(C)C(=O)Nc2cc(Cl)ccc2C)c1. The van der Waals surface area contributed by atoms with Gasteiger partial charge in [-0.3, -0.25) is 4.79 Å². The van der Waals surface area contributed by atoms with Crippen molar-refractivity contribution in [2.24, 2.45) is 0 Å². The quantitative estimate of drug-likeness (QED) is 0.833. The van der Waals surface area contributed by atoms with Gasteiger partial charge >= 0.3 is 5.97 Å². The molecule has 0 spiro atoms. The zero-order valence-corrected chi connectivity index (χ0v) is 14.9. The minimum absolute atomic E-state index is 0.404. The van der Waals surface area contributed by atoms with Crippen molar-refractivity contribution in [2.45, 2.75) is 33.8 Å². The molecule has 0 fully saturated rings. The number of ether oxygens (including phenoxy) is 1. The maximum atomic E-state index is 12.3. The van der Waals surface area contributed by atoms with Crippen LogP contribution < -0.4 is 5.32 Å². The Hall–Kier alpha value is -2.33. The topological polar surface area (TPSA) is 55.4 Å². The zero-order chi connectivity index (χ0) is 17.9. The number of aryl methyl sites for hydroxylation is 3. The molecule has 4 nitrogen and oxygen atoms in total. The fraction of sp³-hybridized carbons (Fsp3) is 0.263. The third-order valence-electron chi connectivity index (χ3n) is 3.72. The van der Waals surface area contributed by atoms with E-state index in [4.69, 9.17) is 16.3 Å². The first-order valence-electron chi connectivity index (χ1n) is 7.63. The van der Waals surface area contributed by atoms with Gasteiger partial charge in [-0.25, -0.2) is 4.79 Å². The maximum Gasteiger partial charge on any atom is 0.339 e. The number of benzene rings is 2. The van der Waals surface area contributed by atoms with E-state index in [1.807, 2.05) is 39.0 Å². The highest BCUT2D eigenvalue weighted by molar-refractivity contribution is 6.31. The van der Waals surface area contributed by atoms with Crippen LogP contribution in [0.2, 0.25) is 5.02 Å². The Morgan fingerprint density at radius 3 is 2.42 bits per heavy atom. The number of carbonyl (C=O) groups is 2. The third-order valence-corrected chi connectivity index (χ3v) is 3.96. The molecule has 0 aliphatic carbocycles. The standard InChI is InChI=1S/C19H20ClNO3/c1-11-5-6-12(2)16(9-11)19(23)24-14(4)18(22)21-17-10-15(20)8-7-13(17)3/h5-10,14H,1-4H3,(H,21,22). The molecule has 2 rings (SSSR count). The summed E-state index contributed by atoms with van der Waals surface area (Å²) in [7, 11) is 0. The molecule has 2 aromatic rings. The molecule has 1 amide bonds. The van der Waals surface area contributed by atoms with Crippen LogP contribution in [0.3, 0.4) is 0 Å². The largest absolute Gasteiger partial charge is 0.449 e. The fourth-order valence-corrected chi connectivity index (χ4v) is 2.37. The van der Waals surface area contributed by atoms with Crippen molar-refractivity contribution in [1.29, 1.82) is 0 Å². The van der Waals surface area contributed by atoms with E-state index in [9.17, 15) is 9.59 Å². The highest BCUT2D eigenvalue weighted by Gasteiger charge is 2.20. The van der Waals surface area contributed by atoms with Gasteiger partial charge in [-0.1, -0.05) is 35.4 Å². The summed E-state index contributed by atoms with van der Waals surface area (Å²) in [5.74, 6) is -0.916. The molecule has 0 aliphatic heterocycles. The first-order valence-corrected chi connectivity index (χ1v) is 8.01. The number of halogens is 1. The summed E-state index contributed by atoms with van der Waals surface area (Å²) < 4.78 is 5.29. The molecular formula is C19H20ClNO3. The van der Waals surface area contributed by atoms with Gasteiger partial charge in [0.2, 0.25) is 0 Å². The van der Waals surface area contributed by atoms with E-state index in [1.165, 1.54) is 6.92 Å². The van der Waals surface area contributed by atoms with Crippen molar-refractivity contribution in [2.75, 3.05) is 5.32 Å². The molecular weight excluding hydrogens is 326 g/mol. The highest BCUT2D eigenvalue weighted by atomic mass is 35.5. The summed E-state index contributed by atoms with van der Waals surface area (Å²) in [6.07, 6.45) is -0.921. The highest BCUT2D eigenvalue weighted by Crippen LogP contribution is 2.21. The van der Waals surface area contributed by atoms with Crippen LogP contribution in [-0.4, -0.2) is 18.0 Å². The Balaban J connectivity index is 2.07. The molecule has 0 saturated carbocycles. The predicted molar refractivity (Wildman–Crippen MR) is 95.6 cm³/mol. The Morgan fingerprint density at radius 1 is 1.04 bits per heavy atom. The molecule has 0 radical (unpaired) electrons. The fourth-order valence-electron chi connectivity index (χ4n) is 2.20.